The normalized spacial score (nSPS) is 17.1. The van der Waals surface area contributed by atoms with Crippen molar-refractivity contribution < 1.29 is 33.6 Å². The first-order valence-corrected chi connectivity index (χ1v) is 20.9. The van der Waals surface area contributed by atoms with Gasteiger partial charge in [-0.05, 0) is 89.2 Å². The van der Waals surface area contributed by atoms with Crippen molar-refractivity contribution in [2.45, 2.75) is 76.5 Å². The highest BCUT2D eigenvalue weighted by Crippen LogP contribution is 2.41. The van der Waals surface area contributed by atoms with Gasteiger partial charge in [-0.2, -0.15) is 5.10 Å². The Labute approximate surface area is 359 Å². The van der Waals surface area contributed by atoms with Crippen LogP contribution in [0.3, 0.4) is 0 Å². The van der Waals surface area contributed by atoms with Gasteiger partial charge in [0, 0.05) is 48.4 Å². The second-order valence-electron chi connectivity index (χ2n) is 16.5. The third-order valence-corrected chi connectivity index (χ3v) is 11.6. The number of hydrogen-bond acceptors (Lipinski definition) is 10. The molecule has 7 rings (SSSR count). The van der Waals surface area contributed by atoms with Gasteiger partial charge in [0.1, 0.15) is 6.04 Å². The summed E-state index contributed by atoms with van der Waals surface area (Å²) < 4.78 is 0. The highest BCUT2D eigenvalue weighted by molar-refractivity contribution is 6.25. The summed E-state index contributed by atoms with van der Waals surface area (Å²) in [5.74, 6) is -2.49. The maximum absolute atomic E-state index is 13.7. The molecule has 3 aliphatic rings. The Kier molecular flexibility index (Phi) is 12.8. The molecule has 1 aromatic heterocycles. The van der Waals surface area contributed by atoms with Gasteiger partial charge in [-0.25, -0.2) is 4.79 Å². The molecule has 1 fully saturated rings. The van der Waals surface area contributed by atoms with Gasteiger partial charge in [0.25, 0.3) is 23.6 Å². The first kappa shape index (κ1) is 43.2. The third-order valence-electron chi connectivity index (χ3n) is 11.6. The topological polar surface area (TPSA) is 218 Å². The van der Waals surface area contributed by atoms with Gasteiger partial charge in [0.15, 0.2) is 5.82 Å². The molecule has 3 aliphatic heterocycles. The van der Waals surface area contributed by atoms with Gasteiger partial charge in [0.05, 0.1) is 34.9 Å². The van der Waals surface area contributed by atoms with Gasteiger partial charge in [-0.3, -0.25) is 44.1 Å². The Morgan fingerprint density at radius 3 is 2.24 bits per heavy atom. The van der Waals surface area contributed by atoms with Crippen molar-refractivity contribution in [2.75, 3.05) is 44.4 Å². The number of rotatable bonds is 16. The molecule has 0 radical (unpaired) electrons. The molecular weight excluding hydrogens is 793 g/mol. The Morgan fingerprint density at radius 2 is 1.55 bits per heavy atom. The molecule has 324 valence electrons. The number of nitrogens with one attached hydrogen (secondary N) is 6. The highest BCUT2D eigenvalue weighted by atomic mass is 16.2. The molecule has 8 amide bonds. The number of nitrogens with zero attached hydrogens (tertiary/aromatic N) is 4. The van der Waals surface area contributed by atoms with Crippen LogP contribution in [-0.4, -0.2) is 106 Å². The van der Waals surface area contributed by atoms with Crippen LogP contribution < -0.4 is 26.6 Å². The van der Waals surface area contributed by atoms with E-state index in [1.807, 2.05) is 63.2 Å². The lowest BCUT2D eigenvalue weighted by molar-refractivity contribution is -0.136. The Morgan fingerprint density at radius 1 is 0.855 bits per heavy atom. The van der Waals surface area contributed by atoms with Crippen molar-refractivity contribution >= 4 is 53.0 Å². The van der Waals surface area contributed by atoms with E-state index in [2.05, 4.69) is 36.8 Å². The number of carbonyl (C=O) groups excluding carboxylic acids is 7. The fourth-order valence-electron chi connectivity index (χ4n) is 8.20. The van der Waals surface area contributed by atoms with Crippen LogP contribution in [0.25, 0.3) is 0 Å². The molecule has 62 heavy (non-hydrogen) atoms. The van der Waals surface area contributed by atoms with Crippen LogP contribution in [0.15, 0.2) is 72.8 Å². The number of anilines is 2. The lowest BCUT2D eigenvalue weighted by atomic mass is 10.0. The summed E-state index contributed by atoms with van der Waals surface area (Å²) in [7, 11) is 3.92. The number of fused-ring (bicyclic) bond motifs is 2. The fraction of sp³-hybridized carbons (Fsp3) is 0.378. The highest BCUT2D eigenvalue weighted by Gasteiger charge is 2.46. The number of aromatic amines is 1. The zero-order chi connectivity index (χ0) is 44.1. The van der Waals surface area contributed by atoms with E-state index >= 15 is 0 Å². The summed E-state index contributed by atoms with van der Waals surface area (Å²) in [6.45, 7) is 5.74. The van der Waals surface area contributed by atoms with Gasteiger partial charge in [-0.15, -0.1) is 0 Å². The van der Waals surface area contributed by atoms with E-state index in [4.69, 9.17) is 0 Å². The molecule has 0 aliphatic carbocycles. The minimum Gasteiger partial charge on any atom is -0.384 e. The zero-order valence-electron chi connectivity index (χ0n) is 35.3. The van der Waals surface area contributed by atoms with Crippen LogP contribution in [0.2, 0.25) is 0 Å². The molecule has 0 saturated carbocycles. The minimum absolute atomic E-state index is 0.0559. The predicted molar refractivity (Wildman–Crippen MR) is 230 cm³/mol. The van der Waals surface area contributed by atoms with Crippen molar-refractivity contribution in [3.05, 3.63) is 112 Å². The van der Waals surface area contributed by atoms with E-state index in [0.717, 1.165) is 47.4 Å². The number of aromatic nitrogens is 2. The van der Waals surface area contributed by atoms with E-state index < -0.39 is 41.1 Å². The average molecular weight is 845 g/mol. The third kappa shape index (κ3) is 9.07. The minimum atomic E-state index is -1.02. The number of benzene rings is 3. The van der Waals surface area contributed by atoms with Crippen LogP contribution in [0.5, 0.6) is 0 Å². The molecule has 4 aromatic rings. The number of piperidine rings is 1. The lowest BCUT2D eigenvalue weighted by Crippen LogP contribution is -2.54. The molecule has 17 nitrogen and oxygen atoms in total. The Bertz CT molecular complexity index is 2380. The van der Waals surface area contributed by atoms with Crippen LogP contribution in [0.4, 0.5) is 16.3 Å². The zero-order valence-corrected chi connectivity index (χ0v) is 35.3. The summed E-state index contributed by atoms with van der Waals surface area (Å²) in [6.07, 6.45) is 3.37. The molecule has 0 bridgehead atoms. The molecular formula is C45H52N10O7. The average Bonchev–Trinajstić information content (AvgIpc) is 3.86. The van der Waals surface area contributed by atoms with E-state index in [1.165, 1.54) is 0 Å². The van der Waals surface area contributed by atoms with E-state index in [0.29, 0.717) is 42.3 Å². The standard InChI is InChI=1S/C45H52N10O7/c1-45(2)37-31(25-54(45)44(62)48-33(26-53(3)4)27-13-8-7-9-14-27)38(52-51-37)50-40(58)29-19-17-28(18-20-29)39(57)47-24-11-6-5-10-23-46-32-16-12-15-30-36(32)43(61)55(42(30)60)34-21-22-35(56)49-41(34)59/h7-9,12-20,33-34,46H,5-6,10-11,21-26H2,1-4H3,(H,47,57)(H,48,62)(H,49,56,59)(H2,50,51,52,58)/t33-,34?/m1/s1. The predicted octanol–water partition coefficient (Wildman–Crippen LogP) is 4.53. The van der Waals surface area contributed by atoms with Crippen molar-refractivity contribution in [3.8, 4) is 0 Å². The molecule has 3 aromatic carbocycles. The van der Waals surface area contributed by atoms with E-state index in [1.54, 1.807) is 47.4 Å². The molecule has 0 spiro atoms. The smallest absolute Gasteiger partial charge is 0.319 e. The number of unbranched alkanes of at least 4 members (excludes halogenated alkanes) is 3. The SMILES string of the molecule is CN(C)C[C@@H](NC(=O)N1Cc2c(NC(=O)c3ccc(C(=O)NCCCCCCNc4cccc5c4C(=O)N(C4CCC(=O)NC4=O)C5=O)cc3)n[nH]c2C1(C)C)c1ccccc1. The van der Waals surface area contributed by atoms with Crippen LogP contribution in [-0.2, 0) is 21.7 Å². The summed E-state index contributed by atoms with van der Waals surface area (Å²) in [6, 6.07) is 19.7. The number of carbonyl (C=O) groups is 7. The summed E-state index contributed by atoms with van der Waals surface area (Å²) in [5, 5.41) is 21.9. The summed E-state index contributed by atoms with van der Waals surface area (Å²) in [4.78, 5) is 95.0. The van der Waals surface area contributed by atoms with Crippen LogP contribution in [0, 0.1) is 0 Å². The maximum atomic E-state index is 13.7. The largest absolute Gasteiger partial charge is 0.384 e. The molecule has 2 atom stereocenters. The van der Waals surface area contributed by atoms with Gasteiger partial charge >= 0.3 is 6.03 Å². The number of amides is 8. The Balaban J connectivity index is 0.835. The van der Waals surface area contributed by atoms with Crippen LogP contribution in [0.1, 0.15) is 117 Å². The van der Waals surface area contributed by atoms with Gasteiger partial charge < -0.3 is 31.1 Å². The number of hydrogen-bond donors (Lipinski definition) is 6. The number of H-pyrrole nitrogens is 1. The molecule has 17 heteroatoms. The molecule has 4 heterocycles. The number of urea groups is 1. The van der Waals surface area contributed by atoms with Crippen LogP contribution >= 0.6 is 0 Å². The molecule has 1 unspecified atom stereocenters. The molecule has 1 saturated heterocycles. The number of likely N-dealkylation sites (N-methyl/N-ethyl adjacent to an activating group) is 1. The van der Waals surface area contributed by atoms with Crippen molar-refractivity contribution in [1.82, 2.24) is 40.8 Å². The lowest BCUT2D eigenvalue weighted by Gasteiger charge is -2.34. The fourth-order valence-corrected chi connectivity index (χ4v) is 8.20. The summed E-state index contributed by atoms with van der Waals surface area (Å²) >= 11 is 0. The maximum Gasteiger partial charge on any atom is 0.319 e. The quantitative estimate of drug-likeness (QED) is 0.0684. The van der Waals surface area contributed by atoms with Gasteiger partial charge in [-0.1, -0.05) is 49.2 Å². The van der Waals surface area contributed by atoms with Crippen molar-refractivity contribution in [2.24, 2.45) is 0 Å². The van der Waals surface area contributed by atoms with Gasteiger partial charge in [0.2, 0.25) is 11.8 Å². The first-order valence-electron chi connectivity index (χ1n) is 20.9. The Hall–Kier alpha value is -6.88. The monoisotopic (exact) mass is 844 g/mol. The van der Waals surface area contributed by atoms with Crippen molar-refractivity contribution in [3.63, 3.8) is 0 Å². The first-order chi connectivity index (χ1) is 29.7. The summed E-state index contributed by atoms with van der Waals surface area (Å²) in [5.41, 5.74) is 3.47. The second kappa shape index (κ2) is 18.4. The van der Waals surface area contributed by atoms with Crippen molar-refractivity contribution in [1.29, 1.82) is 0 Å². The number of imide groups is 2. The molecule has 6 N–H and O–H groups in total. The second-order valence-corrected chi connectivity index (χ2v) is 16.5. The van der Waals surface area contributed by atoms with E-state index in [9.17, 15) is 33.6 Å². The van der Waals surface area contributed by atoms with E-state index in [-0.39, 0.29) is 48.5 Å².